The first kappa shape index (κ1) is 16.6. The molecule has 0 aliphatic rings. The van der Waals surface area contributed by atoms with Gasteiger partial charge in [0, 0.05) is 24.6 Å². The average molecular weight is 308 g/mol. The number of rotatable bonds is 3. The minimum absolute atomic E-state index is 0.0186. The molecule has 21 heavy (non-hydrogen) atoms. The Labute approximate surface area is 127 Å². The fourth-order valence-corrected chi connectivity index (χ4v) is 1.51. The summed E-state index contributed by atoms with van der Waals surface area (Å²) in [5.41, 5.74) is 5.75. The number of anilines is 1. The molecular weight excluding hydrogens is 292 g/mol. The normalized spacial score (nSPS) is 9.43. The second-order valence-electron chi connectivity index (χ2n) is 4.07. The Hall–Kier alpha value is -2.48. The molecule has 8 heteroatoms. The van der Waals surface area contributed by atoms with Crippen LogP contribution in [-0.4, -0.2) is 22.8 Å². The van der Waals surface area contributed by atoms with Crippen molar-refractivity contribution in [3.8, 4) is 0 Å². The smallest absolute Gasteiger partial charge is 0.269 e. The number of hydrogen-bond donors (Lipinski definition) is 4. The average Bonchev–Trinajstić information content (AvgIpc) is 2.44. The van der Waals surface area contributed by atoms with Gasteiger partial charge in [0.2, 0.25) is 11.8 Å². The molecule has 0 aliphatic carbocycles. The Kier molecular flexibility index (Phi) is 6.28. The van der Waals surface area contributed by atoms with E-state index in [0.29, 0.717) is 17.7 Å². The SMILES string of the molecule is CCC(=O)NC(=S)NNC(=O)c1ccc(NC(C)=O)cc1. The highest BCUT2D eigenvalue weighted by molar-refractivity contribution is 7.80. The van der Waals surface area contributed by atoms with Crippen molar-refractivity contribution in [2.75, 3.05) is 5.32 Å². The van der Waals surface area contributed by atoms with Crippen LogP contribution in [0.5, 0.6) is 0 Å². The van der Waals surface area contributed by atoms with E-state index in [4.69, 9.17) is 12.2 Å². The topological polar surface area (TPSA) is 99.3 Å². The molecule has 0 aromatic heterocycles. The van der Waals surface area contributed by atoms with Crippen molar-refractivity contribution in [3.05, 3.63) is 29.8 Å². The number of carbonyl (C=O) groups is 3. The first-order chi connectivity index (χ1) is 9.92. The van der Waals surface area contributed by atoms with Crippen molar-refractivity contribution in [2.45, 2.75) is 20.3 Å². The zero-order valence-corrected chi connectivity index (χ0v) is 12.5. The predicted octanol–water partition coefficient (Wildman–Crippen LogP) is 0.690. The largest absolute Gasteiger partial charge is 0.326 e. The summed E-state index contributed by atoms with van der Waals surface area (Å²) in [5.74, 6) is -0.857. The van der Waals surface area contributed by atoms with E-state index in [1.54, 1.807) is 31.2 Å². The summed E-state index contributed by atoms with van der Waals surface area (Å²) in [4.78, 5) is 33.8. The summed E-state index contributed by atoms with van der Waals surface area (Å²) < 4.78 is 0. The van der Waals surface area contributed by atoms with Crippen LogP contribution in [0, 0.1) is 0 Å². The van der Waals surface area contributed by atoms with Crippen LogP contribution < -0.4 is 21.5 Å². The highest BCUT2D eigenvalue weighted by Gasteiger charge is 2.07. The number of hydrazine groups is 1. The summed E-state index contributed by atoms with van der Waals surface area (Å²) in [7, 11) is 0. The van der Waals surface area contributed by atoms with Crippen LogP contribution in [0.25, 0.3) is 0 Å². The van der Waals surface area contributed by atoms with Crippen LogP contribution in [0.2, 0.25) is 0 Å². The van der Waals surface area contributed by atoms with Crippen molar-refractivity contribution in [1.82, 2.24) is 16.2 Å². The molecule has 0 saturated heterocycles. The van der Waals surface area contributed by atoms with Crippen LogP contribution in [0.15, 0.2) is 24.3 Å². The number of benzene rings is 1. The minimum atomic E-state index is -0.419. The molecule has 0 aliphatic heterocycles. The quantitative estimate of drug-likeness (QED) is 0.486. The molecule has 112 valence electrons. The number of hydrogen-bond acceptors (Lipinski definition) is 4. The molecule has 1 aromatic carbocycles. The van der Waals surface area contributed by atoms with Crippen molar-refractivity contribution in [2.24, 2.45) is 0 Å². The zero-order valence-electron chi connectivity index (χ0n) is 11.6. The molecule has 0 fully saturated rings. The number of amides is 3. The lowest BCUT2D eigenvalue weighted by molar-refractivity contribution is -0.119. The van der Waals surface area contributed by atoms with Crippen LogP contribution in [0.1, 0.15) is 30.6 Å². The van der Waals surface area contributed by atoms with E-state index in [-0.39, 0.29) is 16.9 Å². The summed E-state index contributed by atoms with van der Waals surface area (Å²) >= 11 is 4.83. The van der Waals surface area contributed by atoms with E-state index in [2.05, 4.69) is 21.5 Å². The lowest BCUT2D eigenvalue weighted by Gasteiger charge is -2.10. The molecule has 7 nitrogen and oxygen atoms in total. The third kappa shape index (κ3) is 6.00. The highest BCUT2D eigenvalue weighted by atomic mass is 32.1. The fourth-order valence-electron chi connectivity index (χ4n) is 1.34. The predicted molar refractivity (Wildman–Crippen MR) is 82.4 cm³/mol. The Morgan fingerprint density at radius 1 is 1.10 bits per heavy atom. The van der Waals surface area contributed by atoms with Gasteiger partial charge in [0.25, 0.3) is 5.91 Å². The van der Waals surface area contributed by atoms with Crippen LogP contribution in [0.3, 0.4) is 0 Å². The summed E-state index contributed by atoms with van der Waals surface area (Å²) in [6, 6.07) is 6.31. The van der Waals surface area contributed by atoms with Gasteiger partial charge < -0.3 is 10.6 Å². The van der Waals surface area contributed by atoms with E-state index in [1.807, 2.05) is 0 Å². The number of carbonyl (C=O) groups excluding carboxylic acids is 3. The van der Waals surface area contributed by atoms with Gasteiger partial charge in [0.15, 0.2) is 5.11 Å². The van der Waals surface area contributed by atoms with Crippen molar-refractivity contribution < 1.29 is 14.4 Å². The summed E-state index contributed by atoms with van der Waals surface area (Å²) in [6.07, 6.45) is 0.292. The maximum atomic E-state index is 11.8. The monoisotopic (exact) mass is 308 g/mol. The number of thiocarbonyl (C=S) groups is 1. The first-order valence-corrected chi connectivity index (χ1v) is 6.61. The standard InChI is InChI=1S/C13H16N4O3S/c1-3-11(19)15-13(21)17-16-12(20)9-4-6-10(7-5-9)14-8(2)18/h4-7H,3H2,1-2H3,(H,14,18)(H,16,20)(H2,15,17,19,21). The van der Waals surface area contributed by atoms with E-state index in [0.717, 1.165) is 0 Å². The Morgan fingerprint density at radius 3 is 2.24 bits per heavy atom. The third-order valence-electron chi connectivity index (χ3n) is 2.33. The van der Waals surface area contributed by atoms with Gasteiger partial charge in [-0.05, 0) is 36.5 Å². The molecular formula is C13H16N4O3S. The molecule has 0 atom stereocenters. The van der Waals surface area contributed by atoms with Gasteiger partial charge in [0.05, 0.1) is 0 Å². The molecule has 3 amide bonds. The summed E-state index contributed by atoms with van der Waals surface area (Å²) in [6.45, 7) is 3.09. The number of nitrogens with one attached hydrogen (secondary N) is 4. The van der Waals surface area contributed by atoms with E-state index in [1.165, 1.54) is 6.92 Å². The molecule has 0 radical (unpaired) electrons. The minimum Gasteiger partial charge on any atom is -0.326 e. The van der Waals surface area contributed by atoms with E-state index >= 15 is 0 Å². The fraction of sp³-hybridized carbons (Fsp3) is 0.231. The van der Waals surface area contributed by atoms with Crippen LogP contribution >= 0.6 is 12.2 Å². The Bertz CT molecular complexity index is 557. The lowest BCUT2D eigenvalue weighted by Crippen LogP contribution is -2.48. The first-order valence-electron chi connectivity index (χ1n) is 6.20. The van der Waals surface area contributed by atoms with Gasteiger partial charge >= 0.3 is 0 Å². The molecule has 0 unspecified atom stereocenters. The Morgan fingerprint density at radius 2 is 1.71 bits per heavy atom. The molecule has 1 aromatic rings. The lowest BCUT2D eigenvalue weighted by atomic mass is 10.2. The maximum absolute atomic E-state index is 11.8. The van der Waals surface area contributed by atoms with Crippen molar-refractivity contribution >= 4 is 40.7 Å². The zero-order chi connectivity index (χ0) is 15.8. The van der Waals surface area contributed by atoms with Gasteiger partial charge in [0.1, 0.15) is 0 Å². The van der Waals surface area contributed by atoms with E-state index in [9.17, 15) is 14.4 Å². The van der Waals surface area contributed by atoms with Crippen LogP contribution in [0.4, 0.5) is 5.69 Å². The maximum Gasteiger partial charge on any atom is 0.269 e. The summed E-state index contributed by atoms with van der Waals surface area (Å²) in [5, 5.41) is 5.00. The second kappa shape index (κ2) is 7.95. The highest BCUT2D eigenvalue weighted by Crippen LogP contribution is 2.09. The van der Waals surface area contributed by atoms with Gasteiger partial charge in [-0.25, -0.2) is 0 Å². The third-order valence-corrected chi connectivity index (χ3v) is 2.54. The molecule has 1 rings (SSSR count). The molecule has 4 N–H and O–H groups in total. The molecule has 0 heterocycles. The van der Waals surface area contributed by atoms with Gasteiger partial charge in [-0.15, -0.1) is 0 Å². The van der Waals surface area contributed by atoms with Gasteiger partial charge in [-0.2, -0.15) is 0 Å². The van der Waals surface area contributed by atoms with Crippen molar-refractivity contribution in [3.63, 3.8) is 0 Å². The van der Waals surface area contributed by atoms with Crippen molar-refractivity contribution in [1.29, 1.82) is 0 Å². The van der Waals surface area contributed by atoms with E-state index < -0.39 is 5.91 Å². The second-order valence-corrected chi connectivity index (χ2v) is 4.48. The Balaban J connectivity index is 2.50. The molecule has 0 bridgehead atoms. The molecule has 0 saturated carbocycles. The van der Waals surface area contributed by atoms with Crippen LogP contribution in [-0.2, 0) is 9.59 Å². The van der Waals surface area contributed by atoms with Gasteiger partial charge in [-0.1, -0.05) is 6.92 Å². The van der Waals surface area contributed by atoms with Gasteiger partial charge in [-0.3, -0.25) is 25.2 Å². The molecule has 0 spiro atoms.